The SMILES string of the molecule is CC(=O)OC1(C)C=C(CC2=C[C@]3(C)C(=O)[C@](C)(OC(C)=O)[C@@H]2C2CC=CC23)C=C(C)C1=O. The summed E-state index contributed by atoms with van der Waals surface area (Å²) in [6.07, 6.45) is 11.1. The van der Waals surface area contributed by atoms with Gasteiger partial charge in [-0.3, -0.25) is 19.2 Å². The van der Waals surface area contributed by atoms with E-state index < -0.39 is 28.6 Å². The molecule has 3 unspecified atom stereocenters. The summed E-state index contributed by atoms with van der Waals surface area (Å²) in [4.78, 5) is 49.9. The molecule has 6 nitrogen and oxygen atoms in total. The van der Waals surface area contributed by atoms with Crippen molar-refractivity contribution < 1.29 is 28.7 Å². The van der Waals surface area contributed by atoms with Gasteiger partial charge in [0.15, 0.2) is 17.0 Å². The summed E-state index contributed by atoms with van der Waals surface area (Å²) in [7, 11) is 0. The van der Waals surface area contributed by atoms with Crippen molar-refractivity contribution in [3.8, 4) is 0 Å². The second-order valence-electron chi connectivity index (χ2n) is 10.1. The van der Waals surface area contributed by atoms with E-state index in [1.54, 1.807) is 26.8 Å². The average molecular weight is 439 g/mol. The first-order valence-corrected chi connectivity index (χ1v) is 11.1. The Bertz CT molecular complexity index is 1060. The van der Waals surface area contributed by atoms with E-state index >= 15 is 0 Å². The normalized spacial score (nSPS) is 39.8. The van der Waals surface area contributed by atoms with Gasteiger partial charge in [0.1, 0.15) is 0 Å². The van der Waals surface area contributed by atoms with Gasteiger partial charge in [0.2, 0.25) is 5.78 Å². The van der Waals surface area contributed by atoms with E-state index in [0.29, 0.717) is 12.0 Å². The van der Waals surface area contributed by atoms with E-state index in [0.717, 1.165) is 17.6 Å². The molecule has 0 amide bonds. The highest BCUT2D eigenvalue weighted by Gasteiger charge is 2.67. The number of carbonyl (C=O) groups excluding carboxylic acids is 4. The number of Topliss-reactive ketones (excluding diaryl/α,β-unsaturated/α-hetero) is 2. The van der Waals surface area contributed by atoms with Crippen LogP contribution in [-0.2, 0) is 28.7 Å². The van der Waals surface area contributed by atoms with Gasteiger partial charge in [-0.1, -0.05) is 29.9 Å². The highest BCUT2D eigenvalue weighted by atomic mass is 16.6. The molecule has 5 aliphatic carbocycles. The van der Waals surface area contributed by atoms with Crippen molar-refractivity contribution in [1.29, 1.82) is 0 Å². The Kier molecular flexibility index (Phi) is 4.99. The maximum Gasteiger partial charge on any atom is 0.303 e. The zero-order valence-electron chi connectivity index (χ0n) is 19.5. The molecule has 32 heavy (non-hydrogen) atoms. The Morgan fingerprint density at radius 2 is 1.72 bits per heavy atom. The van der Waals surface area contributed by atoms with Crippen LogP contribution >= 0.6 is 0 Å². The molecule has 5 aliphatic rings. The lowest BCUT2D eigenvalue weighted by molar-refractivity contribution is -0.186. The molecule has 0 saturated heterocycles. The maximum atomic E-state index is 13.6. The Labute approximate surface area is 188 Å². The summed E-state index contributed by atoms with van der Waals surface area (Å²) >= 11 is 0. The number of hydrogen-bond acceptors (Lipinski definition) is 6. The van der Waals surface area contributed by atoms with E-state index in [1.807, 2.05) is 19.1 Å². The number of ketones is 2. The molecule has 1 saturated carbocycles. The highest BCUT2D eigenvalue weighted by molar-refractivity contribution is 6.05. The minimum atomic E-state index is -1.36. The van der Waals surface area contributed by atoms with E-state index in [2.05, 4.69) is 12.2 Å². The molecule has 0 aliphatic heterocycles. The van der Waals surface area contributed by atoms with Crippen LogP contribution in [0.25, 0.3) is 0 Å². The van der Waals surface area contributed by atoms with Crippen molar-refractivity contribution >= 4 is 23.5 Å². The fraction of sp³-hybridized carbons (Fsp3) is 0.538. The smallest absolute Gasteiger partial charge is 0.303 e. The van der Waals surface area contributed by atoms with E-state index in [1.165, 1.54) is 13.8 Å². The molecular formula is C26H30O6. The first-order chi connectivity index (χ1) is 14.8. The molecule has 0 heterocycles. The zero-order valence-corrected chi connectivity index (χ0v) is 19.5. The second kappa shape index (κ2) is 7.12. The monoisotopic (exact) mass is 438 g/mol. The standard InChI is InChI=1S/C26H30O6/c1-14-10-17(12-25(5,22(14)29)31-15(2)27)11-18-13-24(4)20-9-7-8-19(20)21(18)26(6,23(24)30)32-16(3)28/h7,9-10,12-13,19-21H,8,11H2,1-6H3/t19?,20?,21-,24-,25?,26+/m0/s1. The van der Waals surface area contributed by atoms with Gasteiger partial charge in [-0.25, -0.2) is 0 Å². The average Bonchev–Trinajstić information content (AvgIpc) is 3.14. The fourth-order valence-corrected chi connectivity index (χ4v) is 6.64. The molecule has 6 heteroatoms. The third kappa shape index (κ3) is 3.14. The lowest BCUT2D eigenvalue weighted by Crippen LogP contribution is -2.65. The zero-order chi connectivity index (χ0) is 23.6. The van der Waals surface area contributed by atoms with Gasteiger partial charge >= 0.3 is 11.9 Å². The third-order valence-electron chi connectivity index (χ3n) is 7.54. The van der Waals surface area contributed by atoms with Crippen LogP contribution in [0.4, 0.5) is 0 Å². The van der Waals surface area contributed by atoms with Crippen LogP contribution in [0.2, 0.25) is 0 Å². The number of esters is 2. The summed E-state index contributed by atoms with van der Waals surface area (Å²) in [6.45, 7) is 9.60. The van der Waals surface area contributed by atoms with Crippen LogP contribution < -0.4 is 0 Å². The second-order valence-corrected chi connectivity index (χ2v) is 10.1. The predicted octanol–water partition coefficient (Wildman–Crippen LogP) is 3.81. The first kappa shape index (κ1) is 22.4. The number of carbonyl (C=O) groups is 4. The molecule has 170 valence electrons. The lowest BCUT2D eigenvalue weighted by Gasteiger charge is -2.57. The first-order valence-electron chi connectivity index (χ1n) is 11.1. The highest BCUT2D eigenvalue weighted by Crippen LogP contribution is 2.62. The molecule has 1 fully saturated rings. The van der Waals surface area contributed by atoms with Gasteiger partial charge in [0.05, 0.1) is 5.41 Å². The minimum Gasteiger partial charge on any atom is -0.451 e. The molecule has 0 aromatic rings. The van der Waals surface area contributed by atoms with Crippen molar-refractivity contribution in [1.82, 2.24) is 0 Å². The van der Waals surface area contributed by atoms with Crippen molar-refractivity contribution in [2.75, 3.05) is 0 Å². The Morgan fingerprint density at radius 3 is 2.34 bits per heavy atom. The third-order valence-corrected chi connectivity index (χ3v) is 7.54. The molecule has 5 rings (SSSR count). The fourth-order valence-electron chi connectivity index (χ4n) is 6.64. The maximum absolute atomic E-state index is 13.6. The Hall–Kier alpha value is -2.76. The Balaban J connectivity index is 1.77. The largest absolute Gasteiger partial charge is 0.451 e. The van der Waals surface area contributed by atoms with Crippen LogP contribution in [0.15, 0.2) is 47.1 Å². The minimum absolute atomic E-state index is 0.0639. The number of rotatable bonds is 4. The van der Waals surface area contributed by atoms with Crippen molar-refractivity contribution in [3.63, 3.8) is 0 Å². The molecule has 0 radical (unpaired) electrons. The molecular weight excluding hydrogens is 408 g/mol. The van der Waals surface area contributed by atoms with E-state index in [-0.39, 0.29) is 29.3 Å². The summed E-state index contributed by atoms with van der Waals surface area (Å²) < 4.78 is 11.1. The van der Waals surface area contributed by atoms with Crippen LogP contribution in [0.5, 0.6) is 0 Å². The molecule has 0 spiro atoms. The topological polar surface area (TPSA) is 86.7 Å². The van der Waals surface area contributed by atoms with Gasteiger partial charge in [-0.2, -0.15) is 0 Å². The Morgan fingerprint density at radius 1 is 1.06 bits per heavy atom. The number of fused-ring (bicyclic) bond motifs is 1. The summed E-state index contributed by atoms with van der Waals surface area (Å²) in [5, 5.41) is 0. The van der Waals surface area contributed by atoms with Crippen molar-refractivity contribution in [3.05, 3.63) is 47.1 Å². The summed E-state index contributed by atoms with van der Waals surface area (Å²) in [5.41, 5.74) is -0.984. The van der Waals surface area contributed by atoms with Crippen LogP contribution in [0.1, 0.15) is 54.4 Å². The number of ether oxygens (including phenoxy) is 2. The number of hydrogen-bond donors (Lipinski definition) is 0. The molecule has 0 aromatic carbocycles. The summed E-state index contributed by atoms with van der Waals surface area (Å²) in [6, 6.07) is 0. The molecule has 0 aromatic heterocycles. The summed E-state index contributed by atoms with van der Waals surface area (Å²) in [5.74, 6) is -1.32. The van der Waals surface area contributed by atoms with Gasteiger partial charge in [-0.05, 0) is 69.6 Å². The lowest BCUT2D eigenvalue weighted by atomic mass is 9.47. The molecule has 2 bridgehead atoms. The van der Waals surface area contributed by atoms with Gasteiger partial charge in [-0.15, -0.1) is 0 Å². The van der Waals surface area contributed by atoms with Crippen molar-refractivity contribution in [2.24, 2.45) is 23.2 Å². The number of allylic oxidation sites excluding steroid dienone is 5. The van der Waals surface area contributed by atoms with Crippen LogP contribution in [0.3, 0.4) is 0 Å². The predicted molar refractivity (Wildman–Crippen MR) is 117 cm³/mol. The molecule has 0 N–H and O–H groups in total. The quantitative estimate of drug-likeness (QED) is 0.490. The van der Waals surface area contributed by atoms with Crippen molar-refractivity contribution in [2.45, 2.75) is 65.6 Å². The van der Waals surface area contributed by atoms with E-state index in [4.69, 9.17) is 9.47 Å². The van der Waals surface area contributed by atoms with Crippen LogP contribution in [-0.4, -0.2) is 34.7 Å². The molecule has 6 atom stereocenters. The van der Waals surface area contributed by atoms with Gasteiger partial charge < -0.3 is 9.47 Å². The van der Waals surface area contributed by atoms with E-state index in [9.17, 15) is 19.2 Å². The van der Waals surface area contributed by atoms with Gasteiger partial charge in [0, 0.05) is 19.8 Å². The van der Waals surface area contributed by atoms with Gasteiger partial charge in [0.25, 0.3) is 0 Å². The van der Waals surface area contributed by atoms with Crippen LogP contribution in [0, 0.1) is 23.2 Å².